The lowest BCUT2D eigenvalue weighted by Crippen LogP contribution is -2.67. The van der Waals surface area contributed by atoms with Gasteiger partial charge in [0, 0.05) is 31.2 Å². The van der Waals surface area contributed by atoms with Crippen molar-refractivity contribution < 1.29 is 17.9 Å². The quantitative estimate of drug-likeness (QED) is 0.842. The molecule has 1 rings (SSSR count). The summed E-state index contributed by atoms with van der Waals surface area (Å²) in [6.45, 7) is 12.2. The number of halogens is 3. The molecular formula is C15H29F3N2O. The van der Waals surface area contributed by atoms with Crippen molar-refractivity contribution in [2.24, 2.45) is 5.41 Å². The van der Waals surface area contributed by atoms with Crippen molar-refractivity contribution in [2.75, 3.05) is 26.2 Å². The number of ether oxygens (including phenoxy) is 1. The number of hydrogen-bond acceptors (Lipinski definition) is 3. The van der Waals surface area contributed by atoms with Gasteiger partial charge in [0.05, 0.1) is 6.61 Å². The second kappa shape index (κ2) is 6.84. The zero-order valence-electron chi connectivity index (χ0n) is 13.8. The first kappa shape index (κ1) is 18.7. The van der Waals surface area contributed by atoms with Crippen molar-refractivity contribution in [3.05, 3.63) is 0 Å². The molecule has 1 heterocycles. The van der Waals surface area contributed by atoms with Gasteiger partial charge < -0.3 is 5.32 Å². The molecule has 0 amide bonds. The molecule has 1 aliphatic rings. The van der Waals surface area contributed by atoms with Crippen LogP contribution in [-0.2, 0) is 4.74 Å². The molecule has 0 spiro atoms. The first-order valence-electron chi connectivity index (χ1n) is 7.73. The van der Waals surface area contributed by atoms with Crippen LogP contribution in [0.3, 0.4) is 0 Å². The minimum atomic E-state index is -4.54. The molecule has 0 radical (unpaired) electrons. The summed E-state index contributed by atoms with van der Waals surface area (Å²) in [5.41, 5.74) is 0.00743. The van der Waals surface area contributed by atoms with Gasteiger partial charge in [-0.15, -0.1) is 13.2 Å². The first-order chi connectivity index (χ1) is 9.54. The highest BCUT2D eigenvalue weighted by Gasteiger charge is 2.42. The van der Waals surface area contributed by atoms with Crippen LogP contribution in [0.15, 0.2) is 0 Å². The summed E-state index contributed by atoms with van der Waals surface area (Å²) in [7, 11) is 0. The lowest BCUT2D eigenvalue weighted by Gasteiger charge is -2.52. The molecule has 3 nitrogen and oxygen atoms in total. The second-order valence-corrected chi connectivity index (χ2v) is 6.97. The van der Waals surface area contributed by atoms with E-state index in [1.165, 1.54) is 0 Å². The van der Waals surface area contributed by atoms with Crippen LogP contribution in [0.25, 0.3) is 0 Å². The SMILES string of the molecule is CCC1(CC)CNC(C(C)(C)C)CN1CCOC(F)(F)F. The Morgan fingerprint density at radius 1 is 1.19 bits per heavy atom. The van der Waals surface area contributed by atoms with Crippen LogP contribution in [0.1, 0.15) is 47.5 Å². The van der Waals surface area contributed by atoms with Gasteiger partial charge in [0.1, 0.15) is 0 Å². The lowest BCUT2D eigenvalue weighted by molar-refractivity contribution is -0.325. The number of nitrogens with zero attached hydrogens (tertiary/aromatic N) is 1. The fraction of sp³-hybridized carbons (Fsp3) is 1.00. The molecule has 0 aromatic heterocycles. The first-order valence-corrected chi connectivity index (χ1v) is 7.73. The molecule has 21 heavy (non-hydrogen) atoms. The van der Waals surface area contributed by atoms with Gasteiger partial charge in [0.2, 0.25) is 0 Å². The van der Waals surface area contributed by atoms with Gasteiger partial charge in [-0.2, -0.15) is 0 Å². The van der Waals surface area contributed by atoms with Gasteiger partial charge in [-0.25, -0.2) is 0 Å². The maximum absolute atomic E-state index is 12.2. The molecule has 126 valence electrons. The largest absolute Gasteiger partial charge is 0.522 e. The van der Waals surface area contributed by atoms with Crippen LogP contribution in [-0.4, -0.2) is 49.1 Å². The number of hydrogen-bond donors (Lipinski definition) is 1. The van der Waals surface area contributed by atoms with E-state index in [2.05, 4.69) is 49.6 Å². The number of rotatable bonds is 5. The number of alkyl halides is 3. The normalized spacial score (nSPS) is 24.3. The summed E-state index contributed by atoms with van der Waals surface area (Å²) in [6.07, 6.45) is -2.71. The van der Waals surface area contributed by atoms with Crippen molar-refractivity contribution in [1.29, 1.82) is 0 Å². The minimum absolute atomic E-state index is 0.0727. The summed E-state index contributed by atoms with van der Waals surface area (Å²) in [4.78, 5) is 2.19. The van der Waals surface area contributed by atoms with Gasteiger partial charge in [-0.1, -0.05) is 34.6 Å². The number of nitrogens with one attached hydrogen (secondary N) is 1. The van der Waals surface area contributed by atoms with Crippen LogP contribution < -0.4 is 5.32 Å². The molecule has 6 heteroatoms. The molecule has 0 aliphatic carbocycles. The minimum Gasteiger partial charge on any atom is -0.310 e. The molecule has 0 bridgehead atoms. The highest BCUT2D eigenvalue weighted by Crippen LogP contribution is 2.31. The smallest absolute Gasteiger partial charge is 0.310 e. The number of piperazine rings is 1. The fourth-order valence-corrected chi connectivity index (χ4v) is 3.03. The average molecular weight is 310 g/mol. The van der Waals surface area contributed by atoms with Gasteiger partial charge in [0.15, 0.2) is 0 Å². The van der Waals surface area contributed by atoms with Gasteiger partial charge in [-0.05, 0) is 18.3 Å². The second-order valence-electron chi connectivity index (χ2n) is 6.97. The van der Waals surface area contributed by atoms with E-state index in [1.54, 1.807) is 0 Å². The third-order valence-corrected chi connectivity index (χ3v) is 4.74. The van der Waals surface area contributed by atoms with E-state index in [-0.39, 0.29) is 23.6 Å². The van der Waals surface area contributed by atoms with E-state index in [0.29, 0.717) is 6.54 Å². The zero-order valence-corrected chi connectivity index (χ0v) is 13.8. The Morgan fingerprint density at radius 2 is 1.76 bits per heavy atom. The Bertz CT molecular complexity index is 322. The Balaban J connectivity index is 2.74. The zero-order chi connectivity index (χ0) is 16.3. The van der Waals surface area contributed by atoms with E-state index in [9.17, 15) is 13.2 Å². The van der Waals surface area contributed by atoms with Crippen LogP contribution in [0.5, 0.6) is 0 Å². The van der Waals surface area contributed by atoms with Crippen LogP contribution in [0, 0.1) is 5.41 Å². The third-order valence-electron chi connectivity index (χ3n) is 4.74. The molecular weight excluding hydrogens is 281 g/mol. The Hall–Kier alpha value is -0.330. The van der Waals surface area contributed by atoms with E-state index in [0.717, 1.165) is 25.9 Å². The van der Waals surface area contributed by atoms with Crippen molar-refractivity contribution in [2.45, 2.75) is 65.4 Å². The molecule has 1 atom stereocenters. The summed E-state index contributed by atoms with van der Waals surface area (Å²) in [5, 5.41) is 3.58. The maximum Gasteiger partial charge on any atom is 0.522 e. The van der Waals surface area contributed by atoms with E-state index in [4.69, 9.17) is 0 Å². The molecule has 0 saturated carbocycles. The summed E-state index contributed by atoms with van der Waals surface area (Å²) in [6, 6.07) is 0.273. The van der Waals surface area contributed by atoms with Gasteiger partial charge >= 0.3 is 6.36 Å². The van der Waals surface area contributed by atoms with Crippen LogP contribution in [0.4, 0.5) is 13.2 Å². The maximum atomic E-state index is 12.2. The van der Waals surface area contributed by atoms with Gasteiger partial charge in [-0.3, -0.25) is 9.64 Å². The lowest BCUT2D eigenvalue weighted by atomic mass is 9.80. The molecule has 1 saturated heterocycles. The monoisotopic (exact) mass is 310 g/mol. The molecule has 1 N–H and O–H groups in total. The molecule has 1 aliphatic heterocycles. The highest BCUT2D eigenvalue weighted by molar-refractivity contribution is 5.00. The van der Waals surface area contributed by atoms with E-state index in [1.807, 2.05) is 0 Å². The van der Waals surface area contributed by atoms with Crippen molar-refractivity contribution in [3.8, 4) is 0 Å². The van der Waals surface area contributed by atoms with Crippen molar-refractivity contribution in [1.82, 2.24) is 10.2 Å². The van der Waals surface area contributed by atoms with Crippen molar-refractivity contribution >= 4 is 0 Å². The highest BCUT2D eigenvalue weighted by atomic mass is 19.4. The van der Waals surface area contributed by atoms with Crippen molar-refractivity contribution in [3.63, 3.8) is 0 Å². The third kappa shape index (κ3) is 5.11. The van der Waals surface area contributed by atoms with E-state index < -0.39 is 6.36 Å². The Kier molecular flexibility index (Phi) is 6.09. The fourth-order valence-electron chi connectivity index (χ4n) is 3.03. The Labute approximate surface area is 126 Å². The Morgan fingerprint density at radius 3 is 2.19 bits per heavy atom. The molecule has 0 aromatic rings. The molecule has 0 aromatic carbocycles. The van der Waals surface area contributed by atoms with Gasteiger partial charge in [0.25, 0.3) is 0 Å². The standard InChI is InChI=1S/C15H29F3N2O/c1-6-14(7-2)11-19-12(13(3,4)5)10-20(14)8-9-21-15(16,17)18/h12,19H,6-11H2,1-5H3. The summed E-state index contributed by atoms with van der Waals surface area (Å²) >= 11 is 0. The average Bonchev–Trinajstić information content (AvgIpc) is 2.36. The predicted octanol–water partition coefficient (Wildman–Crippen LogP) is 3.40. The van der Waals surface area contributed by atoms with Crippen LogP contribution >= 0.6 is 0 Å². The molecule has 1 fully saturated rings. The van der Waals surface area contributed by atoms with E-state index >= 15 is 0 Å². The van der Waals surface area contributed by atoms with Crippen LogP contribution in [0.2, 0.25) is 0 Å². The molecule has 1 unspecified atom stereocenters. The summed E-state index contributed by atoms with van der Waals surface area (Å²) < 4.78 is 40.5. The topological polar surface area (TPSA) is 24.5 Å². The summed E-state index contributed by atoms with van der Waals surface area (Å²) in [5.74, 6) is 0. The predicted molar refractivity (Wildman–Crippen MR) is 78.1 cm³/mol.